The maximum atomic E-state index is 12.3. The second-order valence-corrected chi connectivity index (χ2v) is 6.29. The summed E-state index contributed by atoms with van der Waals surface area (Å²) >= 11 is 0. The van der Waals surface area contributed by atoms with Crippen molar-refractivity contribution in [2.24, 2.45) is 0 Å². The number of nitrogens with zero attached hydrogens (tertiary/aromatic N) is 1. The minimum absolute atomic E-state index is 0.284. The van der Waals surface area contributed by atoms with E-state index in [1.54, 1.807) is 24.3 Å². The molecule has 0 radical (unpaired) electrons. The fourth-order valence-corrected chi connectivity index (χ4v) is 3.33. The lowest BCUT2D eigenvalue weighted by Crippen LogP contribution is -2.40. The Labute approximate surface area is 149 Å². The number of amides is 3. The fourth-order valence-electron chi connectivity index (χ4n) is 3.33. The molecule has 6 nitrogen and oxygen atoms in total. The number of hydrogen-bond acceptors (Lipinski definition) is 3. The highest BCUT2D eigenvalue weighted by atomic mass is 16.2. The van der Waals surface area contributed by atoms with Gasteiger partial charge in [0.25, 0.3) is 11.8 Å². The summed E-state index contributed by atoms with van der Waals surface area (Å²) < 4.78 is 0. The molecular weight excluding hydrogens is 330 g/mol. The molecule has 1 aromatic heterocycles. The number of aryl methyl sites for hydroxylation is 1. The highest BCUT2D eigenvalue weighted by molar-refractivity contribution is 6.22. The first-order chi connectivity index (χ1) is 12.6. The van der Waals surface area contributed by atoms with E-state index in [1.807, 2.05) is 31.2 Å². The molecule has 0 spiro atoms. The summed E-state index contributed by atoms with van der Waals surface area (Å²) in [6.07, 6.45) is 0. The van der Waals surface area contributed by atoms with Gasteiger partial charge in [0.15, 0.2) is 0 Å². The molecule has 0 aliphatic carbocycles. The van der Waals surface area contributed by atoms with Crippen molar-refractivity contribution in [3.63, 3.8) is 0 Å². The smallest absolute Gasteiger partial charge is 0.262 e. The Balaban J connectivity index is 1.46. The first-order valence-electron chi connectivity index (χ1n) is 8.34. The Kier molecular flexibility index (Phi) is 3.80. The van der Waals surface area contributed by atoms with Crippen LogP contribution in [0, 0.1) is 6.92 Å². The summed E-state index contributed by atoms with van der Waals surface area (Å²) in [5.74, 6) is -1.22. The monoisotopic (exact) mass is 347 g/mol. The summed E-state index contributed by atoms with van der Waals surface area (Å²) in [6, 6.07) is 14.5. The Bertz CT molecular complexity index is 1020. The Morgan fingerprint density at radius 1 is 1.00 bits per heavy atom. The number of fused-ring (bicyclic) bond motifs is 2. The molecule has 0 unspecified atom stereocenters. The van der Waals surface area contributed by atoms with E-state index in [-0.39, 0.29) is 12.5 Å². The van der Waals surface area contributed by atoms with Gasteiger partial charge in [-0.1, -0.05) is 30.3 Å². The van der Waals surface area contributed by atoms with Crippen molar-refractivity contribution >= 4 is 28.6 Å². The molecule has 3 amide bonds. The molecule has 130 valence electrons. The minimum atomic E-state index is -0.427. The molecule has 1 aliphatic heterocycles. The third-order valence-electron chi connectivity index (χ3n) is 4.67. The minimum Gasteiger partial charge on any atom is -0.358 e. The largest absolute Gasteiger partial charge is 0.358 e. The fraction of sp³-hybridized carbons (Fsp3) is 0.150. The summed E-state index contributed by atoms with van der Waals surface area (Å²) in [5.41, 5.74) is 3.67. The van der Waals surface area contributed by atoms with Gasteiger partial charge >= 0.3 is 0 Å². The number of H-pyrrole nitrogens is 1. The highest BCUT2D eigenvalue weighted by Crippen LogP contribution is 2.23. The molecule has 2 N–H and O–H groups in total. The molecule has 0 saturated heterocycles. The van der Waals surface area contributed by atoms with Crippen LogP contribution in [-0.2, 0) is 11.3 Å². The van der Waals surface area contributed by atoms with Crippen LogP contribution < -0.4 is 5.32 Å². The molecule has 0 fully saturated rings. The summed E-state index contributed by atoms with van der Waals surface area (Å²) in [5, 5.41) is 3.86. The SMILES string of the molecule is Cc1[nH]c2ccccc2c1CNC(=O)CN1C(=O)c2ccccc2C1=O. The molecule has 0 saturated carbocycles. The van der Waals surface area contributed by atoms with E-state index in [1.165, 1.54) is 0 Å². The molecule has 0 atom stereocenters. The summed E-state index contributed by atoms with van der Waals surface area (Å²) in [4.78, 5) is 41.2. The second kappa shape index (κ2) is 6.15. The molecule has 26 heavy (non-hydrogen) atoms. The number of rotatable bonds is 4. The van der Waals surface area contributed by atoms with E-state index < -0.39 is 11.8 Å². The van der Waals surface area contributed by atoms with Crippen LogP contribution in [0.4, 0.5) is 0 Å². The number of aromatic amines is 1. The average Bonchev–Trinajstić information content (AvgIpc) is 3.09. The predicted octanol–water partition coefficient (Wildman–Crippen LogP) is 2.39. The average molecular weight is 347 g/mol. The number of imide groups is 1. The van der Waals surface area contributed by atoms with Gasteiger partial charge in [-0.05, 0) is 30.7 Å². The molecule has 2 heterocycles. The highest BCUT2D eigenvalue weighted by Gasteiger charge is 2.36. The lowest BCUT2D eigenvalue weighted by Gasteiger charge is -2.13. The van der Waals surface area contributed by atoms with Crippen molar-refractivity contribution in [1.29, 1.82) is 0 Å². The van der Waals surface area contributed by atoms with Crippen molar-refractivity contribution in [3.8, 4) is 0 Å². The second-order valence-electron chi connectivity index (χ2n) is 6.29. The zero-order valence-electron chi connectivity index (χ0n) is 14.2. The normalized spacial score (nSPS) is 13.3. The van der Waals surface area contributed by atoms with E-state index in [0.717, 1.165) is 27.1 Å². The van der Waals surface area contributed by atoms with E-state index in [2.05, 4.69) is 10.3 Å². The van der Waals surface area contributed by atoms with Crippen LogP contribution in [-0.4, -0.2) is 34.2 Å². The van der Waals surface area contributed by atoms with Gasteiger partial charge in [-0.15, -0.1) is 0 Å². The molecule has 2 aromatic carbocycles. The van der Waals surface area contributed by atoms with Crippen molar-refractivity contribution in [2.75, 3.05) is 6.54 Å². The third kappa shape index (κ3) is 2.56. The molecule has 3 aromatic rings. The van der Waals surface area contributed by atoms with Crippen LogP contribution in [0.3, 0.4) is 0 Å². The van der Waals surface area contributed by atoms with Gasteiger partial charge < -0.3 is 10.3 Å². The van der Waals surface area contributed by atoms with Gasteiger partial charge in [0, 0.05) is 23.1 Å². The molecule has 4 rings (SSSR count). The van der Waals surface area contributed by atoms with Gasteiger partial charge in [0.05, 0.1) is 11.1 Å². The van der Waals surface area contributed by atoms with Gasteiger partial charge in [0.2, 0.25) is 5.91 Å². The Hall–Kier alpha value is -3.41. The number of nitrogens with one attached hydrogen (secondary N) is 2. The first-order valence-corrected chi connectivity index (χ1v) is 8.34. The van der Waals surface area contributed by atoms with Crippen LogP contribution in [0.2, 0.25) is 0 Å². The number of hydrogen-bond donors (Lipinski definition) is 2. The Morgan fingerprint density at radius 2 is 1.62 bits per heavy atom. The number of aromatic nitrogens is 1. The van der Waals surface area contributed by atoms with E-state index >= 15 is 0 Å². The van der Waals surface area contributed by atoms with Gasteiger partial charge in [-0.2, -0.15) is 0 Å². The van der Waals surface area contributed by atoms with Crippen LogP contribution >= 0.6 is 0 Å². The topological polar surface area (TPSA) is 82.3 Å². The standard InChI is InChI=1S/C20H17N3O3/c1-12-16(13-6-4-5-9-17(13)22-12)10-21-18(24)11-23-19(25)14-7-2-3-8-15(14)20(23)26/h2-9,22H,10-11H2,1H3,(H,21,24). The van der Waals surface area contributed by atoms with E-state index in [0.29, 0.717) is 17.7 Å². The zero-order valence-corrected chi connectivity index (χ0v) is 14.2. The Morgan fingerprint density at radius 3 is 2.31 bits per heavy atom. The first kappa shape index (κ1) is 16.1. The van der Waals surface area contributed by atoms with Gasteiger partial charge in [-0.3, -0.25) is 19.3 Å². The van der Waals surface area contributed by atoms with Gasteiger partial charge in [0.1, 0.15) is 6.54 Å². The number of carbonyl (C=O) groups excluding carboxylic acids is 3. The zero-order chi connectivity index (χ0) is 18.3. The predicted molar refractivity (Wildman–Crippen MR) is 96.7 cm³/mol. The summed E-state index contributed by atoms with van der Waals surface area (Å²) in [7, 11) is 0. The van der Waals surface area contributed by atoms with Crippen molar-refractivity contribution in [1.82, 2.24) is 15.2 Å². The van der Waals surface area contributed by atoms with Crippen LogP contribution in [0.1, 0.15) is 32.0 Å². The third-order valence-corrected chi connectivity index (χ3v) is 4.67. The van der Waals surface area contributed by atoms with Crippen LogP contribution in [0.25, 0.3) is 10.9 Å². The van der Waals surface area contributed by atoms with Crippen molar-refractivity contribution in [3.05, 3.63) is 70.9 Å². The number of carbonyl (C=O) groups is 3. The van der Waals surface area contributed by atoms with E-state index in [9.17, 15) is 14.4 Å². The van der Waals surface area contributed by atoms with Crippen LogP contribution in [0.15, 0.2) is 48.5 Å². The molecular formula is C20H17N3O3. The van der Waals surface area contributed by atoms with E-state index in [4.69, 9.17) is 0 Å². The van der Waals surface area contributed by atoms with Crippen LogP contribution in [0.5, 0.6) is 0 Å². The quantitative estimate of drug-likeness (QED) is 0.711. The maximum Gasteiger partial charge on any atom is 0.262 e. The van der Waals surface area contributed by atoms with Crippen molar-refractivity contribution < 1.29 is 14.4 Å². The molecule has 1 aliphatic rings. The lowest BCUT2D eigenvalue weighted by atomic mass is 10.1. The van der Waals surface area contributed by atoms with Crippen molar-refractivity contribution in [2.45, 2.75) is 13.5 Å². The number of benzene rings is 2. The molecule has 6 heteroatoms. The maximum absolute atomic E-state index is 12.3. The molecule has 0 bridgehead atoms. The van der Waals surface area contributed by atoms with Gasteiger partial charge in [-0.25, -0.2) is 0 Å². The lowest BCUT2D eigenvalue weighted by molar-refractivity contribution is -0.121. The number of para-hydroxylation sites is 1. The summed E-state index contributed by atoms with van der Waals surface area (Å²) in [6.45, 7) is 2.00.